The third-order valence-electron chi connectivity index (χ3n) is 3.23. The van der Waals surface area contributed by atoms with Crippen molar-refractivity contribution in [3.8, 4) is 6.07 Å². The van der Waals surface area contributed by atoms with Crippen LogP contribution in [0, 0.1) is 21.4 Å². The summed E-state index contributed by atoms with van der Waals surface area (Å²) in [5.74, 6) is 0.186. The van der Waals surface area contributed by atoms with Crippen LogP contribution in [0.15, 0.2) is 12.3 Å². The summed E-state index contributed by atoms with van der Waals surface area (Å²) in [6.07, 6.45) is 3.90. The Morgan fingerprint density at radius 3 is 2.74 bits per heavy atom. The summed E-state index contributed by atoms with van der Waals surface area (Å²) >= 11 is 0. The molecule has 0 aliphatic heterocycles. The van der Waals surface area contributed by atoms with E-state index in [4.69, 9.17) is 5.26 Å². The average Bonchev–Trinajstić information content (AvgIpc) is 2.41. The van der Waals surface area contributed by atoms with Crippen LogP contribution in [0.25, 0.3) is 0 Å². The SMILES string of the molecule is N#Cc1cnc(N[C@H]2CC[C@H](O)CC2)c([N+](=O)[O-])c1. The maximum Gasteiger partial charge on any atom is 0.312 e. The predicted molar refractivity (Wildman–Crippen MR) is 67.5 cm³/mol. The van der Waals surface area contributed by atoms with E-state index < -0.39 is 4.92 Å². The molecule has 0 bridgehead atoms. The van der Waals surface area contributed by atoms with Gasteiger partial charge in [0.25, 0.3) is 0 Å². The van der Waals surface area contributed by atoms with Crippen LogP contribution >= 0.6 is 0 Å². The summed E-state index contributed by atoms with van der Waals surface area (Å²) in [4.78, 5) is 14.4. The molecule has 1 heterocycles. The smallest absolute Gasteiger partial charge is 0.312 e. The molecule has 1 saturated carbocycles. The van der Waals surface area contributed by atoms with Crippen molar-refractivity contribution in [3.05, 3.63) is 27.9 Å². The Hall–Kier alpha value is -2.20. The van der Waals surface area contributed by atoms with E-state index in [1.165, 1.54) is 12.3 Å². The number of aliphatic hydroxyl groups is 1. The molecule has 1 aromatic rings. The molecule has 0 radical (unpaired) electrons. The lowest BCUT2D eigenvalue weighted by Gasteiger charge is -2.26. The second-order valence-corrected chi connectivity index (χ2v) is 4.61. The van der Waals surface area contributed by atoms with Crippen LogP contribution in [0.5, 0.6) is 0 Å². The van der Waals surface area contributed by atoms with Gasteiger partial charge in [-0.2, -0.15) is 5.26 Å². The molecular formula is C12H14N4O3. The maximum atomic E-state index is 11.0. The number of hydrogen-bond donors (Lipinski definition) is 2. The van der Waals surface area contributed by atoms with Gasteiger partial charge in [-0.05, 0) is 25.7 Å². The number of anilines is 1. The molecule has 0 unspecified atom stereocenters. The van der Waals surface area contributed by atoms with E-state index in [2.05, 4.69) is 10.3 Å². The van der Waals surface area contributed by atoms with E-state index in [9.17, 15) is 15.2 Å². The third-order valence-corrected chi connectivity index (χ3v) is 3.23. The molecule has 0 aromatic carbocycles. The Morgan fingerprint density at radius 2 is 2.16 bits per heavy atom. The quantitative estimate of drug-likeness (QED) is 0.631. The minimum absolute atomic E-state index is 0.0718. The first kappa shape index (κ1) is 13.2. The van der Waals surface area contributed by atoms with Crippen LogP contribution in [0.2, 0.25) is 0 Å². The highest BCUT2D eigenvalue weighted by Gasteiger charge is 2.23. The Balaban J connectivity index is 2.16. The van der Waals surface area contributed by atoms with Crippen LogP contribution in [-0.2, 0) is 0 Å². The van der Waals surface area contributed by atoms with Crippen LogP contribution < -0.4 is 5.32 Å². The van der Waals surface area contributed by atoms with Gasteiger partial charge in [0.05, 0.1) is 16.6 Å². The van der Waals surface area contributed by atoms with Crippen molar-refractivity contribution in [2.45, 2.75) is 37.8 Å². The van der Waals surface area contributed by atoms with Crippen molar-refractivity contribution < 1.29 is 10.0 Å². The van der Waals surface area contributed by atoms with Gasteiger partial charge in [0, 0.05) is 18.3 Å². The number of rotatable bonds is 3. The molecule has 1 aliphatic rings. The van der Waals surface area contributed by atoms with Crippen molar-refractivity contribution in [2.24, 2.45) is 0 Å². The minimum Gasteiger partial charge on any atom is -0.393 e. The summed E-state index contributed by atoms with van der Waals surface area (Å²) in [7, 11) is 0. The summed E-state index contributed by atoms with van der Waals surface area (Å²) in [5, 5.41) is 32.1. The Morgan fingerprint density at radius 1 is 1.47 bits per heavy atom. The van der Waals surface area contributed by atoms with Crippen molar-refractivity contribution in [1.29, 1.82) is 5.26 Å². The number of hydrogen-bond acceptors (Lipinski definition) is 6. The molecule has 0 amide bonds. The molecule has 1 aliphatic carbocycles. The number of aliphatic hydroxyl groups excluding tert-OH is 1. The van der Waals surface area contributed by atoms with Gasteiger partial charge in [-0.15, -0.1) is 0 Å². The maximum absolute atomic E-state index is 11.0. The van der Waals surface area contributed by atoms with Gasteiger partial charge in [0.15, 0.2) is 0 Å². The minimum atomic E-state index is -0.548. The lowest BCUT2D eigenvalue weighted by atomic mass is 9.93. The zero-order valence-corrected chi connectivity index (χ0v) is 10.2. The number of nitriles is 1. The second-order valence-electron chi connectivity index (χ2n) is 4.61. The van der Waals surface area contributed by atoms with Crippen molar-refractivity contribution >= 4 is 11.5 Å². The number of pyridine rings is 1. The van der Waals surface area contributed by atoms with E-state index >= 15 is 0 Å². The van der Waals surface area contributed by atoms with Gasteiger partial charge < -0.3 is 10.4 Å². The first-order valence-corrected chi connectivity index (χ1v) is 6.09. The first-order valence-electron chi connectivity index (χ1n) is 6.09. The fourth-order valence-corrected chi connectivity index (χ4v) is 2.18. The fraction of sp³-hybridized carbons (Fsp3) is 0.500. The number of aromatic nitrogens is 1. The standard InChI is InChI=1S/C12H14N4O3/c13-6-8-5-11(16(18)19)12(14-7-8)15-9-1-3-10(17)4-2-9/h5,7,9-10,17H,1-4H2,(H,14,15)/t9-,10-. The molecule has 0 saturated heterocycles. The van der Waals surface area contributed by atoms with Gasteiger partial charge in [-0.25, -0.2) is 4.98 Å². The van der Waals surface area contributed by atoms with Gasteiger partial charge >= 0.3 is 5.69 Å². The van der Waals surface area contributed by atoms with Crippen LogP contribution in [-0.4, -0.2) is 27.2 Å². The summed E-state index contributed by atoms with van der Waals surface area (Å²) in [6.45, 7) is 0. The molecule has 7 nitrogen and oxygen atoms in total. The van der Waals surface area contributed by atoms with Crippen LogP contribution in [0.1, 0.15) is 31.2 Å². The van der Waals surface area contributed by atoms with Gasteiger partial charge in [0.1, 0.15) is 6.07 Å². The largest absolute Gasteiger partial charge is 0.393 e. The van der Waals surface area contributed by atoms with E-state index in [-0.39, 0.29) is 29.2 Å². The molecule has 0 atom stereocenters. The fourth-order valence-electron chi connectivity index (χ4n) is 2.18. The number of nitro groups is 1. The molecule has 1 fully saturated rings. The highest BCUT2D eigenvalue weighted by Crippen LogP contribution is 2.27. The molecule has 100 valence electrons. The van der Waals surface area contributed by atoms with Crippen LogP contribution in [0.3, 0.4) is 0 Å². The van der Waals surface area contributed by atoms with Crippen molar-refractivity contribution in [1.82, 2.24) is 4.98 Å². The topological polar surface area (TPSA) is 112 Å². The van der Waals surface area contributed by atoms with Gasteiger partial charge in [-0.3, -0.25) is 10.1 Å². The van der Waals surface area contributed by atoms with Gasteiger partial charge in [0.2, 0.25) is 5.82 Å². The van der Waals surface area contributed by atoms with E-state index in [0.717, 1.165) is 12.8 Å². The normalized spacial score (nSPS) is 22.5. The second kappa shape index (κ2) is 5.63. The first-order chi connectivity index (χ1) is 9.10. The Kier molecular flexibility index (Phi) is 3.92. The number of nitrogens with one attached hydrogen (secondary N) is 1. The Bertz CT molecular complexity index is 518. The molecule has 0 spiro atoms. The summed E-state index contributed by atoms with van der Waals surface area (Å²) < 4.78 is 0. The summed E-state index contributed by atoms with van der Waals surface area (Å²) in [6, 6.07) is 3.12. The van der Waals surface area contributed by atoms with E-state index in [0.29, 0.717) is 12.8 Å². The summed E-state index contributed by atoms with van der Waals surface area (Å²) in [5.41, 5.74) is -0.0264. The van der Waals surface area contributed by atoms with Crippen molar-refractivity contribution in [3.63, 3.8) is 0 Å². The molecule has 2 N–H and O–H groups in total. The number of nitrogens with zero attached hydrogens (tertiary/aromatic N) is 3. The van der Waals surface area contributed by atoms with Crippen LogP contribution in [0.4, 0.5) is 11.5 Å². The molecular weight excluding hydrogens is 248 g/mol. The Labute approximate surface area is 110 Å². The third kappa shape index (κ3) is 3.17. The zero-order valence-electron chi connectivity index (χ0n) is 10.2. The van der Waals surface area contributed by atoms with Gasteiger partial charge in [-0.1, -0.05) is 0 Å². The molecule has 1 aromatic heterocycles. The molecule has 19 heavy (non-hydrogen) atoms. The molecule has 7 heteroatoms. The monoisotopic (exact) mass is 262 g/mol. The average molecular weight is 262 g/mol. The van der Waals surface area contributed by atoms with E-state index in [1.807, 2.05) is 6.07 Å². The predicted octanol–water partition coefficient (Wildman–Crippen LogP) is 1.58. The van der Waals surface area contributed by atoms with Crippen molar-refractivity contribution in [2.75, 3.05) is 5.32 Å². The zero-order chi connectivity index (χ0) is 13.8. The van der Waals surface area contributed by atoms with E-state index in [1.54, 1.807) is 0 Å². The highest BCUT2D eigenvalue weighted by atomic mass is 16.6. The molecule has 2 rings (SSSR count). The highest BCUT2D eigenvalue weighted by molar-refractivity contribution is 5.58. The lowest BCUT2D eigenvalue weighted by molar-refractivity contribution is -0.384. The lowest BCUT2D eigenvalue weighted by Crippen LogP contribution is -2.28.